The number of anilines is 1. The van der Waals surface area contributed by atoms with Gasteiger partial charge in [0.05, 0.1) is 24.5 Å². The summed E-state index contributed by atoms with van der Waals surface area (Å²) in [5, 5.41) is 12.6. The molecule has 2 rings (SSSR count). The van der Waals surface area contributed by atoms with E-state index in [0.29, 0.717) is 29.8 Å². The predicted octanol–water partition coefficient (Wildman–Crippen LogP) is 3.24. The standard InChI is InChI=1S/C17H23NO5S/c1-4-10-9(2)24-15(13(10)17(22)23-3)18-14(19)11-7-5-6-8-12(11)16(20)21/h11-12H,4-8H2,1-3H3,(H,18,19)(H,20,21)/t11-,12-/m0/s1. The van der Waals surface area contributed by atoms with Crippen LogP contribution in [0.5, 0.6) is 0 Å². The van der Waals surface area contributed by atoms with Crippen molar-refractivity contribution >= 4 is 34.2 Å². The van der Waals surface area contributed by atoms with Crippen LogP contribution < -0.4 is 5.32 Å². The van der Waals surface area contributed by atoms with Gasteiger partial charge in [-0.25, -0.2) is 4.79 Å². The zero-order chi connectivity index (χ0) is 17.9. The third-order valence-corrected chi connectivity index (χ3v) is 5.67. The molecule has 1 aromatic rings. The smallest absolute Gasteiger partial charge is 0.341 e. The fourth-order valence-corrected chi connectivity index (χ4v) is 4.49. The van der Waals surface area contributed by atoms with Crippen molar-refractivity contribution in [2.45, 2.75) is 46.0 Å². The molecule has 2 N–H and O–H groups in total. The molecule has 7 heteroatoms. The number of hydrogen-bond donors (Lipinski definition) is 2. The van der Waals surface area contributed by atoms with Crippen molar-refractivity contribution in [1.29, 1.82) is 0 Å². The Hall–Kier alpha value is -1.89. The summed E-state index contributed by atoms with van der Waals surface area (Å²) in [6.45, 7) is 3.83. The molecule has 1 aliphatic carbocycles. The van der Waals surface area contributed by atoms with Crippen molar-refractivity contribution in [1.82, 2.24) is 0 Å². The first-order valence-corrected chi connectivity index (χ1v) is 8.96. The first kappa shape index (κ1) is 18.4. The first-order valence-electron chi connectivity index (χ1n) is 8.14. The number of rotatable bonds is 5. The Morgan fingerprint density at radius 1 is 1.25 bits per heavy atom. The van der Waals surface area contributed by atoms with E-state index in [0.717, 1.165) is 23.3 Å². The number of carbonyl (C=O) groups is 3. The third-order valence-electron chi connectivity index (χ3n) is 4.61. The number of ether oxygens (including phenoxy) is 1. The van der Waals surface area contributed by atoms with E-state index in [1.165, 1.54) is 18.4 Å². The molecule has 1 fully saturated rings. The van der Waals surface area contributed by atoms with Crippen molar-refractivity contribution in [3.05, 3.63) is 16.0 Å². The van der Waals surface area contributed by atoms with Crippen molar-refractivity contribution in [2.75, 3.05) is 12.4 Å². The minimum absolute atomic E-state index is 0.323. The Morgan fingerprint density at radius 2 is 1.88 bits per heavy atom. The van der Waals surface area contributed by atoms with Gasteiger partial charge in [0, 0.05) is 4.88 Å². The average molecular weight is 353 g/mol. The quantitative estimate of drug-likeness (QED) is 0.793. The van der Waals surface area contributed by atoms with Crippen LogP contribution in [0, 0.1) is 18.8 Å². The molecular formula is C17H23NO5S. The van der Waals surface area contributed by atoms with Crippen LogP contribution in [0.25, 0.3) is 0 Å². The van der Waals surface area contributed by atoms with Gasteiger partial charge in [0.1, 0.15) is 5.00 Å². The Labute approximate surface area is 145 Å². The van der Waals surface area contributed by atoms with E-state index < -0.39 is 23.8 Å². The van der Waals surface area contributed by atoms with Crippen molar-refractivity contribution in [2.24, 2.45) is 11.8 Å². The molecule has 1 amide bonds. The number of aryl methyl sites for hydroxylation is 1. The van der Waals surface area contributed by atoms with Crippen LogP contribution in [-0.4, -0.2) is 30.1 Å². The second kappa shape index (κ2) is 7.79. The van der Waals surface area contributed by atoms with Gasteiger partial charge in [-0.05, 0) is 31.7 Å². The highest BCUT2D eigenvalue weighted by atomic mass is 32.1. The summed E-state index contributed by atoms with van der Waals surface area (Å²) in [5.41, 5.74) is 1.25. The molecule has 6 nitrogen and oxygen atoms in total. The molecule has 0 aliphatic heterocycles. The largest absolute Gasteiger partial charge is 0.481 e. The summed E-state index contributed by atoms with van der Waals surface area (Å²) >= 11 is 1.33. The van der Waals surface area contributed by atoms with E-state index in [4.69, 9.17) is 4.74 Å². The van der Waals surface area contributed by atoms with Crippen LogP contribution in [0.4, 0.5) is 5.00 Å². The van der Waals surface area contributed by atoms with Crippen LogP contribution in [0.1, 0.15) is 53.4 Å². The van der Waals surface area contributed by atoms with Crippen molar-refractivity contribution < 1.29 is 24.2 Å². The Kier molecular flexibility index (Phi) is 5.99. The molecule has 0 bridgehead atoms. The second-order valence-corrected chi connectivity index (χ2v) is 7.24. The van der Waals surface area contributed by atoms with Crippen molar-refractivity contribution in [3.63, 3.8) is 0 Å². The number of thiophene rings is 1. The highest BCUT2D eigenvalue weighted by Gasteiger charge is 2.36. The van der Waals surface area contributed by atoms with Gasteiger partial charge in [-0.2, -0.15) is 0 Å². The maximum Gasteiger partial charge on any atom is 0.341 e. The summed E-state index contributed by atoms with van der Waals surface area (Å²) in [7, 11) is 1.31. The van der Waals surface area contributed by atoms with Gasteiger partial charge in [-0.3, -0.25) is 9.59 Å². The maximum absolute atomic E-state index is 12.6. The minimum Gasteiger partial charge on any atom is -0.481 e. The van der Waals surface area contributed by atoms with E-state index in [9.17, 15) is 19.5 Å². The van der Waals surface area contributed by atoms with Gasteiger partial charge in [-0.1, -0.05) is 19.8 Å². The van der Waals surface area contributed by atoms with Gasteiger partial charge < -0.3 is 15.2 Å². The molecule has 0 saturated heterocycles. The number of esters is 1. The molecule has 1 saturated carbocycles. The third kappa shape index (κ3) is 3.61. The topological polar surface area (TPSA) is 92.7 Å². The lowest BCUT2D eigenvalue weighted by Crippen LogP contribution is -2.36. The first-order chi connectivity index (χ1) is 11.4. The number of methoxy groups -OCH3 is 1. The molecule has 132 valence electrons. The van der Waals surface area contributed by atoms with Gasteiger partial charge in [0.15, 0.2) is 0 Å². The lowest BCUT2D eigenvalue weighted by molar-refractivity contribution is -0.147. The normalized spacial score (nSPS) is 20.5. The van der Waals surface area contributed by atoms with E-state index in [1.807, 2.05) is 13.8 Å². The number of amides is 1. The summed E-state index contributed by atoms with van der Waals surface area (Å²) in [5.74, 6) is -2.96. The van der Waals surface area contributed by atoms with E-state index in [2.05, 4.69) is 5.32 Å². The van der Waals surface area contributed by atoms with E-state index in [-0.39, 0.29) is 5.91 Å². The van der Waals surface area contributed by atoms with Crippen LogP contribution in [0.2, 0.25) is 0 Å². The fraction of sp³-hybridized carbons (Fsp3) is 0.588. The van der Waals surface area contributed by atoms with Crippen LogP contribution in [0.15, 0.2) is 0 Å². The molecule has 24 heavy (non-hydrogen) atoms. The molecule has 1 aromatic heterocycles. The molecule has 1 aliphatic rings. The number of carbonyl (C=O) groups excluding carboxylic acids is 2. The number of carboxylic acid groups (broad SMARTS) is 1. The molecule has 0 spiro atoms. The van der Waals surface area contributed by atoms with E-state index >= 15 is 0 Å². The van der Waals surface area contributed by atoms with Gasteiger partial charge in [-0.15, -0.1) is 11.3 Å². The molecule has 0 aromatic carbocycles. The zero-order valence-corrected chi connectivity index (χ0v) is 15.0. The second-order valence-electron chi connectivity index (χ2n) is 6.01. The summed E-state index contributed by atoms with van der Waals surface area (Å²) in [6, 6.07) is 0. The zero-order valence-electron chi connectivity index (χ0n) is 14.2. The Balaban J connectivity index is 2.28. The highest BCUT2D eigenvalue weighted by Crippen LogP contribution is 2.36. The lowest BCUT2D eigenvalue weighted by Gasteiger charge is -2.27. The van der Waals surface area contributed by atoms with Crippen LogP contribution in [-0.2, 0) is 20.7 Å². The minimum atomic E-state index is -0.931. The Bertz CT molecular complexity index is 652. The van der Waals surface area contributed by atoms with Crippen molar-refractivity contribution in [3.8, 4) is 0 Å². The van der Waals surface area contributed by atoms with Gasteiger partial charge in [0.25, 0.3) is 0 Å². The summed E-state index contributed by atoms with van der Waals surface area (Å²) < 4.78 is 4.84. The number of hydrogen-bond acceptors (Lipinski definition) is 5. The summed E-state index contributed by atoms with van der Waals surface area (Å²) in [4.78, 5) is 37.1. The van der Waals surface area contributed by atoms with Crippen LogP contribution in [0.3, 0.4) is 0 Å². The number of nitrogens with one attached hydrogen (secondary N) is 1. The number of carboxylic acids is 1. The Morgan fingerprint density at radius 3 is 2.42 bits per heavy atom. The lowest BCUT2D eigenvalue weighted by atomic mass is 9.79. The maximum atomic E-state index is 12.6. The van der Waals surface area contributed by atoms with Gasteiger partial charge in [0.2, 0.25) is 5.91 Å². The molecule has 0 unspecified atom stereocenters. The molecule has 2 atom stereocenters. The van der Waals surface area contributed by atoms with Gasteiger partial charge >= 0.3 is 11.9 Å². The summed E-state index contributed by atoms with van der Waals surface area (Å²) in [6.07, 6.45) is 3.40. The average Bonchev–Trinajstić information content (AvgIpc) is 2.88. The SMILES string of the molecule is CCc1c(C)sc(NC(=O)[C@H]2CCCC[C@@H]2C(=O)O)c1C(=O)OC. The van der Waals surface area contributed by atoms with E-state index in [1.54, 1.807) is 0 Å². The molecule has 1 heterocycles. The fourth-order valence-electron chi connectivity index (χ4n) is 3.36. The molecular weight excluding hydrogens is 330 g/mol. The van der Waals surface area contributed by atoms with Crippen LogP contribution >= 0.6 is 11.3 Å². The predicted molar refractivity (Wildman–Crippen MR) is 91.5 cm³/mol. The molecule has 0 radical (unpaired) electrons. The number of aliphatic carboxylic acids is 1. The highest BCUT2D eigenvalue weighted by molar-refractivity contribution is 7.16. The monoisotopic (exact) mass is 353 g/mol.